The quantitative estimate of drug-likeness (QED) is 0.815. The van der Waals surface area contributed by atoms with Crippen molar-refractivity contribution in [2.24, 2.45) is 7.05 Å². The smallest absolute Gasteiger partial charge is 0.212 e. The van der Waals surface area contributed by atoms with Gasteiger partial charge < -0.3 is 0 Å². The van der Waals surface area contributed by atoms with Crippen LogP contribution >= 0.6 is 15.9 Å². The number of aromatic nitrogens is 2. The molecule has 0 amide bonds. The van der Waals surface area contributed by atoms with Crippen molar-refractivity contribution in [1.29, 1.82) is 0 Å². The number of hydrogen-bond acceptors (Lipinski definition) is 2. The summed E-state index contributed by atoms with van der Waals surface area (Å²) in [5.41, 5.74) is 2.49. The number of carbonyl (C=O) groups excluding carboxylic acids is 1. The van der Waals surface area contributed by atoms with Crippen LogP contribution in [0.4, 0.5) is 0 Å². The predicted octanol–water partition coefficient (Wildman–Crippen LogP) is 2.98. The monoisotopic (exact) mass is 292 g/mol. The van der Waals surface area contributed by atoms with Crippen molar-refractivity contribution in [3.63, 3.8) is 0 Å². The van der Waals surface area contributed by atoms with E-state index in [1.807, 2.05) is 24.3 Å². The van der Waals surface area contributed by atoms with Crippen molar-refractivity contribution in [3.8, 4) is 0 Å². The lowest BCUT2D eigenvalue weighted by Gasteiger charge is -2.03. The number of carbonyl (C=O) groups is 1. The van der Waals surface area contributed by atoms with Crippen molar-refractivity contribution in [2.45, 2.75) is 13.3 Å². The lowest BCUT2D eigenvalue weighted by atomic mass is 10.1. The fourth-order valence-corrected chi connectivity index (χ4v) is 2.22. The fourth-order valence-electron chi connectivity index (χ4n) is 1.69. The van der Waals surface area contributed by atoms with Gasteiger partial charge in [-0.1, -0.05) is 31.2 Å². The molecule has 0 bridgehead atoms. The molecule has 88 valence electrons. The average molecular weight is 293 g/mol. The molecule has 17 heavy (non-hydrogen) atoms. The average Bonchev–Trinajstić information content (AvgIpc) is 2.68. The number of rotatable bonds is 3. The molecule has 0 saturated carbocycles. The first-order valence-corrected chi connectivity index (χ1v) is 6.24. The van der Waals surface area contributed by atoms with Gasteiger partial charge >= 0.3 is 0 Å². The highest BCUT2D eigenvalue weighted by Gasteiger charge is 2.16. The molecule has 1 heterocycles. The molecule has 0 unspecified atom stereocenters. The number of halogens is 1. The maximum atomic E-state index is 12.3. The van der Waals surface area contributed by atoms with Crippen LogP contribution in [-0.4, -0.2) is 15.6 Å². The number of benzene rings is 1. The molecule has 0 N–H and O–H groups in total. The number of nitrogens with zero attached hydrogens (tertiary/aromatic N) is 2. The Hall–Kier alpha value is -1.42. The first kappa shape index (κ1) is 12.0. The lowest BCUT2D eigenvalue weighted by Crippen LogP contribution is -2.08. The Morgan fingerprint density at radius 2 is 2.00 bits per heavy atom. The van der Waals surface area contributed by atoms with Gasteiger partial charge in [0.25, 0.3) is 0 Å². The van der Waals surface area contributed by atoms with E-state index in [4.69, 9.17) is 0 Å². The first-order chi connectivity index (χ1) is 8.13. The van der Waals surface area contributed by atoms with Crippen molar-refractivity contribution in [3.05, 3.63) is 51.8 Å². The minimum absolute atomic E-state index is 0.0143. The molecule has 4 heteroatoms. The van der Waals surface area contributed by atoms with E-state index >= 15 is 0 Å². The largest absolute Gasteiger partial charge is 0.287 e. The van der Waals surface area contributed by atoms with Gasteiger partial charge in [0.1, 0.15) is 5.69 Å². The molecule has 1 aromatic carbocycles. The summed E-state index contributed by atoms with van der Waals surface area (Å²) in [4.78, 5) is 12.3. The van der Waals surface area contributed by atoms with Crippen LogP contribution in [0, 0.1) is 0 Å². The van der Waals surface area contributed by atoms with Gasteiger partial charge in [-0.2, -0.15) is 5.10 Å². The maximum Gasteiger partial charge on any atom is 0.212 e. The van der Waals surface area contributed by atoms with Crippen LogP contribution in [0.25, 0.3) is 0 Å². The van der Waals surface area contributed by atoms with E-state index in [9.17, 15) is 4.79 Å². The van der Waals surface area contributed by atoms with E-state index < -0.39 is 0 Å². The minimum Gasteiger partial charge on any atom is -0.287 e. The predicted molar refractivity (Wildman–Crippen MR) is 70.2 cm³/mol. The topological polar surface area (TPSA) is 34.9 Å². The summed E-state index contributed by atoms with van der Waals surface area (Å²) in [5, 5.41) is 4.05. The van der Waals surface area contributed by atoms with Gasteiger partial charge in [0.05, 0.1) is 10.7 Å². The normalized spacial score (nSPS) is 10.5. The third-order valence-corrected chi connectivity index (χ3v) is 3.31. The van der Waals surface area contributed by atoms with Gasteiger partial charge in [0, 0.05) is 12.6 Å². The summed E-state index contributed by atoms with van der Waals surface area (Å²) in [6.45, 7) is 2.09. The highest BCUT2D eigenvalue weighted by molar-refractivity contribution is 9.10. The second-order valence-corrected chi connectivity index (χ2v) is 4.70. The summed E-state index contributed by atoms with van der Waals surface area (Å²) < 4.78 is 2.31. The van der Waals surface area contributed by atoms with Gasteiger partial charge in [-0.3, -0.25) is 9.48 Å². The molecule has 1 aromatic heterocycles. The Morgan fingerprint density at radius 3 is 2.47 bits per heavy atom. The van der Waals surface area contributed by atoms with E-state index in [0.29, 0.717) is 11.3 Å². The van der Waals surface area contributed by atoms with Gasteiger partial charge in [-0.05, 0) is 27.9 Å². The molecular weight excluding hydrogens is 280 g/mol. The summed E-state index contributed by atoms with van der Waals surface area (Å²) in [7, 11) is 1.76. The standard InChI is InChI=1S/C13H13BrN2O/c1-3-9-4-6-10(7-5-9)13(17)12-11(14)8-15-16(12)2/h4-8H,3H2,1-2H3. The second kappa shape index (κ2) is 4.84. The van der Waals surface area contributed by atoms with Crippen molar-refractivity contribution >= 4 is 21.7 Å². The van der Waals surface area contributed by atoms with Crippen molar-refractivity contribution in [1.82, 2.24) is 9.78 Å². The van der Waals surface area contributed by atoms with Crippen LogP contribution < -0.4 is 0 Å². The number of ketones is 1. The molecule has 0 spiro atoms. The molecule has 0 aliphatic rings. The van der Waals surface area contributed by atoms with Crippen LogP contribution in [-0.2, 0) is 13.5 Å². The van der Waals surface area contributed by atoms with Gasteiger partial charge in [0.2, 0.25) is 5.78 Å². The Balaban J connectivity index is 2.37. The lowest BCUT2D eigenvalue weighted by molar-refractivity contribution is 0.102. The zero-order chi connectivity index (χ0) is 12.4. The molecule has 2 aromatic rings. The summed E-state index contributed by atoms with van der Waals surface area (Å²) in [6.07, 6.45) is 2.61. The molecule has 0 atom stereocenters. The third-order valence-electron chi connectivity index (χ3n) is 2.73. The highest BCUT2D eigenvalue weighted by Crippen LogP contribution is 2.19. The number of aryl methyl sites for hydroxylation is 2. The molecule has 0 aliphatic heterocycles. The Labute approximate surface area is 109 Å². The van der Waals surface area contributed by atoms with Crippen LogP contribution in [0.1, 0.15) is 28.5 Å². The summed E-state index contributed by atoms with van der Waals surface area (Å²) in [6, 6.07) is 7.69. The molecule has 0 saturated heterocycles. The van der Waals surface area contributed by atoms with Gasteiger partial charge in [0.15, 0.2) is 0 Å². The van der Waals surface area contributed by atoms with E-state index in [0.717, 1.165) is 10.9 Å². The fraction of sp³-hybridized carbons (Fsp3) is 0.231. The van der Waals surface area contributed by atoms with E-state index in [-0.39, 0.29) is 5.78 Å². The first-order valence-electron chi connectivity index (χ1n) is 5.44. The van der Waals surface area contributed by atoms with E-state index in [1.165, 1.54) is 5.56 Å². The highest BCUT2D eigenvalue weighted by atomic mass is 79.9. The molecule has 3 nitrogen and oxygen atoms in total. The van der Waals surface area contributed by atoms with Crippen LogP contribution in [0.2, 0.25) is 0 Å². The summed E-state index contributed by atoms with van der Waals surface area (Å²) in [5.74, 6) is -0.0143. The van der Waals surface area contributed by atoms with E-state index in [1.54, 1.807) is 17.9 Å². The second-order valence-electron chi connectivity index (χ2n) is 3.84. The van der Waals surface area contributed by atoms with Gasteiger partial charge in [-0.25, -0.2) is 0 Å². The molecular formula is C13H13BrN2O. The summed E-state index contributed by atoms with van der Waals surface area (Å²) >= 11 is 3.34. The van der Waals surface area contributed by atoms with Crippen molar-refractivity contribution < 1.29 is 4.79 Å². The van der Waals surface area contributed by atoms with Crippen LogP contribution in [0.15, 0.2) is 34.9 Å². The number of hydrogen-bond donors (Lipinski definition) is 0. The zero-order valence-electron chi connectivity index (χ0n) is 9.77. The van der Waals surface area contributed by atoms with Gasteiger partial charge in [-0.15, -0.1) is 0 Å². The molecule has 0 aliphatic carbocycles. The Bertz CT molecular complexity index is 524. The molecule has 2 rings (SSSR count). The van der Waals surface area contributed by atoms with E-state index in [2.05, 4.69) is 28.0 Å². The van der Waals surface area contributed by atoms with Crippen LogP contribution in [0.3, 0.4) is 0 Å². The van der Waals surface area contributed by atoms with Crippen molar-refractivity contribution in [2.75, 3.05) is 0 Å². The third kappa shape index (κ3) is 2.31. The molecule has 0 radical (unpaired) electrons. The maximum absolute atomic E-state index is 12.3. The Morgan fingerprint density at radius 1 is 1.35 bits per heavy atom. The minimum atomic E-state index is -0.0143. The Kier molecular flexibility index (Phi) is 3.43. The zero-order valence-corrected chi connectivity index (χ0v) is 11.4. The SMILES string of the molecule is CCc1ccc(C(=O)c2c(Br)cnn2C)cc1. The van der Waals surface area contributed by atoms with Crippen LogP contribution in [0.5, 0.6) is 0 Å². The molecule has 0 fully saturated rings.